The predicted molar refractivity (Wildman–Crippen MR) is 291 cm³/mol. The van der Waals surface area contributed by atoms with E-state index in [1.165, 1.54) is 86.4 Å². The van der Waals surface area contributed by atoms with Gasteiger partial charge in [-0.2, -0.15) is 0 Å². The summed E-state index contributed by atoms with van der Waals surface area (Å²) in [6, 6.07) is 19.9. The molecule has 1 aromatic heterocycles. The summed E-state index contributed by atoms with van der Waals surface area (Å²) < 4.78 is 7.70. The van der Waals surface area contributed by atoms with Crippen LogP contribution in [0.25, 0.3) is 0 Å². The number of hydrogen-bond acceptors (Lipinski definition) is 3. The molecule has 4 heteroatoms. The summed E-state index contributed by atoms with van der Waals surface area (Å²) in [6.45, 7) is 47.4. The molecule has 1 aliphatic carbocycles. The summed E-state index contributed by atoms with van der Waals surface area (Å²) in [4.78, 5) is 5.21. The second-order valence-corrected chi connectivity index (χ2v) is 25.3. The van der Waals surface area contributed by atoms with Crippen LogP contribution in [0.5, 0.6) is 0 Å². The van der Waals surface area contributed by atoms with Crippen molar-refractivity contribution < 1.29 is 4.42 Å². The van der Waals surface area contributed by atoms with Crippen molar-refractivity contribution in [2.24, 2.45) is 17.3 Å². The van der Waals surface area contributed by atoms with Gasteiger partial charge in [-0.25, -0.2) is 0 Å². The summed E-state index contributed by atoms with van der Waals surface area (Å²) in [5.74, 6) is 2.95. The lowest BCUT2D eigenvalue weighted by Crippen LogP contribution is -2.61. The highest BCUT2D eigenvalue weighted by molar-refractivity contribution is 6.99. The normalized spacial score (nSPS) is 17.3. The molecule has 66 heavy (non-hydrogen) atoms. The molecule has 0 bridgehead atoms. The molecule has 354 valence electrons. The minimum atomic E-state index is -0.117. The molecular formula is C62H87BN2O. The van der Waals surface area contributed by atoms with Gasteiger partial charge in [0.05, 0.1) is 11.3 Å². The third-order valence-corrected chi connectivity index (χ3v) is 16.1. The van der Waals surface area contributed by atoms with Crippen molar-refractivity contribution in [3.63, 3.8) is 0 Å². The second kappa shape index (κ2) is 18.0. The minimum Gasteiger partial charge on any atom is -0.472 e. The van der Waals surface area contributed by atoms with Crippen LogP contribution in [-0.2, 0) is 28.1 Å². The van der Waals surface area contributed by atoms with Gasteiger partial charge in [-0.15, -0.1) is 0 Å². The summed E-state index contributed by atoms with van der Waals surface area (Å²) >= 11 is 0. The molecule has 3 nitrogen and oxygen atoms in total. The molecule has 4 aromatic rings. The standard InChI is InChI=1S/C62H87BN2O/c1-20-42(8)48-39-49-50(36-43(48)21-2)64(47-27-25-44(26-28-47)60(14,15)33-30-41(6)7)51-37-45(58(9,10)11)38-52-54(51)63(49)57-55(53-56(66-57)62(18,19)35-34-61(53,16)17)65(52)46(22-3)24-23-31-59(12,13)32-29-40(4)5/h22-28,31,36-42H,3,20-21,29-30,32-35H2,1-2,4-19H3/b31-23+,46-24+. The fourth-order valence-corrected chi connectivity index (χ4v) is 11.1. The van der Waals surface area contributed by atoms with Gasteiger partial charge < -0.3 is 14.2 Å². The highest BCUT2D eigenvalue weighted by Crippen LogP contribution is 2.54. The van der Waals surface area contributed by atoms with Crippen LogP contribution in [0.1, 0.15) is 209 Å². The van der Waals surface area contributed by atoms with Crippen molar-refractivity contribution in [2.75, 3.05) is 9.80 Å². The quantitative estimate of drug-likeness (QED) is 0.0771. The summed E-state index contributed by atoms with van der Waals surface area (Å²) in [7, 11) is 0. The molecule has 0 N–H and O–H groups in total. The molecule has 2 aliphatic heterocycles. The Morgan fingerprint density at radius 1 is 0.788 bits per heavy atom. The Morgan fingerprint density at radius 3 is 2.00 bits per heavy atom. The van der Waals surface area contributed by atoms with Crippen LogP contribution in [-0.4, -0.2) is 6.71 Å². The average Bonchev–Trinajstić information content (AvgIpc) is 3.68. The Kier molecular flexibility index (Phi) is 13.6. The van der Waals surface area contributed by atoms with Gasteiger partial charge in [-0.1, -0.05) is 174 Å². The largest absolute Gasteiger partial charge is 0.472 e. The van der Waals surface area contributed by atoms with Gasteiger partial charge in [0.25, 0.3) is 6.71 Å². The van der Waals surface area contributed by atoms with E-state index in [9.17, 15) is 0 Å². The zero-order valence-corrected chi connectivity index (χ0v) is 44.9. The fourth-order valence-electron chi connectivity index (χ4n) is 11.1. The molecule has 0 fully saturated rings. The average molecular weight is 887 g/mol. The van der Waals surface area contributed by atoms with Crippen LogP contribution >= 0.6 is 0 Å². The van der Waals surface area contributed by atoms with Gasteiger partial charge >= 0.3 is 0 Å². The number of fused-ring (bicyclic) bond motifs is 6. The Bertz CT molecular complexity index is 2490. The van der Waals surface area contributed by atoms with Crippen molar-refractivity contribution in [1.29, 1.82) is 0 Å². The zero-order chi connectivity index (χ0) is 48.5. The molecule has 0 saturated carbocycles. The number of allylic oxidation sites excluding steroid dienone is 4. The number of hydrogen-bond donors (Lipinski definition) is 0. The van der Waals surface area contributed by atoms with E-state index in [0.717, 1.165) is 49.2 Å². The van der Waals surface area contributed by atoms with E-state index in [2.05, 4.69) is 214 Å². The van der Waals surface area contributed by atoms with Gasteiger partial charge in [0.1, 0.15) is 5.76 Å². The van der Waals surface area contributed by atoms with Crippen LogP contribution in [0.2, 0.25) is 0 Å². The van der Waals surface area contributed by atoms with E-state index in [1.54, 1.807) is 0 Å². The van der Waals surface area contributed by atoms with E-state index < -0.39 is 0 Å². The van der Waals surface area contributed by atoms with Gasteiger partial charge in [0, 0.05) is 39.4 Å². The molecule has 0 saturated heterocycles. The van der Waals surface area contributed by atoms with Crippen LogP contribution in [0, 0.1) is 17.3 Å². The first-order chi connectivity index (χ1) is 30.8. The van der Waals surface area contributed by atoms with Gasteiger partial charge in [-0.05, 0) is 154 Å². The Hall–Kier alpha value is -4.18. The van der Waals surface area contributed by atoms with Crippen molar-refractivity contribution in [2.45, 2.75) is 204 Å². The third-order valence-electron chi connectivity index (χ3n) is 16.1. The fraction of sp³-hybridized carbons (Fsp3) is 0.548. The maximum atomic E-state index is 7.70. The summed E-state index contributed by atoms with van der Waals surface area (Å²) in [6.07, 6.45) is 18.1. The lowest BCUT2D eigenvalue weighted by atomic mass is 9.35. The lowest BCUT2D eigenvalue weighted by Gasteiger charge is -2.45. The monoisotopic (exact) mass is 887 g/mol. The van der Waals surface area contributed by atoms with E-state index in [0.29, 0.717) is 17.8 Å². The first-order valence-electron chi connectivity index (χ1n) is 26.0. The van der Waals surface area contributed by atoms with Crippen molar-refractivity contribution >= 4 is 51.7 Å². The molecule has 0 spiro atoms. The van der Waals surface area contributed by atoms with Crippen molar-refractivity contribution in [1.82, 2.24) is 0 Å². The van der Waals surface area contributed by atoms with E-state index >= 15 is 0 Å². The van der Waals surface area contributed by atoms with Crippen LogP contribution in [0.3, 0.4) is 0 Å². The molecule has 3 aromatic carbocycles. The van der Waals surface area contributed by atoms with Crippen molar-refractivity contribution in [3.05, 3.63) is 119 Å². The maximum Gasteiger partial charge on any atom is 0.297 e. The number of aryl methyl sites for hydroxylation is 1. The molecule has 1 unspecified atom stereocenters. The van der Waals surface area contributed by atoms with E-state index in [-0.39, 0.29) is 33.8 Å². The molecule has 3 aliphatic rings. The summed E-state index contributed by atoms with van der Waals surface area (Å²) in [5.41, 5.74) is 17.8. The Labute approximate surface area is 403 Å². The van der Waals surface area contributed by atoms with E-state index in [4.69, 9.17) is 4.42 Å². The number of anilines is 5. The topological polar surface area (TPSA) is 19.6 Å². The van der Waals surface area contributed by atoms with Gasteiger partial charge in [0.15, 0.2) is 0 Å². The highest BCUT2D eigenvalue weighted by atomic mass is 16.3. The predicted octanol–water partition coefficient (Wildman–Crippen LogP) is 16.6. The first-order valence-corrected chi connectivity index (χ1v) is 26.0. The SMILES string of the molecule is C=C/C(=C\C=C\C(C)(C)CCC(C)C)N1c2cc(C(C)(C)C)cc3c2B(c2cc(C(C)CC)c(CC)cc2N3c2ccc(C(C)(C)CCC(C)C)cc2)c2oc3c(c21)C(C)(C)CCC3(C)C. The van der Waals surface area contributed by atoms with Gasteiger partial charge in [0.2, 0.25) is 0 Å². The van der Waals surface area contributed by atoms with Crippen LogP contribution in [0.4, 0.5) is 28.4 Å². The molecule has 1 atom stereocenters. The Morgan fingerprint density at radius 2 is 1.41 bits per heavy atom. The second-order valence-electron chi connectivity index (χ2n) is 25.3. The molecule has 0 radical (unpaired) electrons. The minimum absolute atomic E-state index is 0.0748. The molecule has 0 amide bonds. The number of rotatable bonds is 15. The van der Waals surface area contributed by atoms with Crippen LogP contribution in [0.15, 0.2) is 89.5 Å². The van der Waals surface area contributed by atoms with Crippen LogP contribution < -0.4 is 26.4 Å². The number of nitrogens with zero attached hydrogens (tertiary/aromatic N) is 2. The molecule has 7 rings (SSSR count). The third kappa shape index (κ3) is 9.22. The number of furan rings is 1. The highest BCUT2D eigenvalue weighted by Gasteiger charge is 2.53. The number of benzene rings is 3. The van der Waals surface area contributed by atoms with Gasteiger partial charge in [-0.3, -0.25) is 0 Å². The maximum absolute atomic E-state index is 7.70. The molecular weight excluding hydrogens is 800 g/mol. The van der Waals surface area contributed by atoms with Crippen molar-refractivity contribution in [3.8, 4) is 0 Å². The van der Waals surface area contributed by atoms with E-state index in [1.807, 2.05) is 0 Å². The zero-order valence-electron chi connectivity index (χ0n) is 44.9. The smallest absolute Gasteiger partial charge is 0.297 e. The Balaban J connectivity index is 1.60. The summed E-state index contributed by atoms with van der Waals surface area (Å²) in [5, 5.41) is 0. The molecule has 3 heterocycles. The first kappa shape index (κ1) is 49.7. The lowest BCUT2D eigenvalue weighted by molar-refractivity contribution is 0.282.